The molecule has 1 rings (SSSR count). The SMILES string of the molecule is Cc1cccc(C)c1CC(CBr)CBr. The number of rotatable bonds is 4. The average Bonchev–Trinajstić information content (AvgIpc) is 2.18. The molecule has 0 amide bonds. The van der Waals surface area contributed by atoms with Crippen molar-refractivity contribution in [2.45, 2.75) is 20.3 Å². The van der Waals surface area contributed by atoms with Crippen LogP contribution in [0.2, 0.25) is 0 Å². The van der Waals surface area contributed by atoms with Gasteiger partial charge in [-0.1, -0.05) is 50.1 Å². The summed E-state index contributed by atoms with van der Waals surface area (Å²) in [6.07, 6.45) is 1.16. The van der Waals surface area contributed by atoms with Gasteiger partial charge in [-0.2, -0.15) is 0 Å². The van der Waals surface area contributed by atoms with E-state index in [4.69, 9.17) is 0 Å². The summed E-state index contributed by atoms with van der Waals surface area (Å²) in [7, 11) is 0. The highest BCUT2D eigenvalue weighted by Gasteiger charge is 2.09. The molecule has 0 bridgehead atoms. The Morgan fingerprint density at radius 3 is 2.00 bits per heavy atom. The van der Waals surface area contributed by atoms with Gasteiger partial charge in [0, 0.05) is 10.7 Å². The summed E-state index contributed by atoms with van der Waals surface area (Å²) >= 11 is 7.11. The maximum atomic E-state index is 3.55. The predicted octanol–water partition coefficient (Wildman–Crippen LogP) is 4.25. The molecule has 0 N–H and O–H groups in total. The van der Waals surface area contributed by atoms with Crippen LogP contribution >= 0.6 is 31.9 Å². The number of alkyl halides is 2. The van der Waals surface area contributed by atoms with Gasteiger partial charge in [0.15, 0.2) is 0 Å². The number of hydrogen-bond acceptors (Lipinski definition) is 0. The van der Waals surface area contributed by atoms with Crippen LogP contribution in [0.25, 0.3) is 0 Å². The van der Waals surface area contributed by atoms with Crippen LogP contribution in [-0.2, 0) is 6.42 Å². The first-order valence-electron chi connectivity index (χ1n) is 4.86. The molecule has 1 aromatic rings. The van der Waals surface area contributed by atoms with Crippen LogP contribution in [0, 0.1) is 19.8 Å². The maximum absolute atomic E-state index is 3.55. The first kappa shape index (κ1) is 12.3. The van der Waals surface area contributed by atoms with Gasteiger partial charge < -0.3 is 0 Å². The second-order valence-corrected chi connectivity index (χ2v) is 5.04. The summed E-state index contributed by atoms with van der Waals surface area (Å²) in [4.78, 5) is 0. The van der Waals surface area contributed by atoms with E-state index in [1.807, 2.05) is 0 Å². The van der Waals surface area contributed by atoms with Crippen LogP contribution in [0.5, 0.6) is 0 Å². The summed E-state index contributed by atoms with van der Waals surface area (Å²) in [5.41, 5.74) is 4.34. The van der Waals surface area contributed by atoms with Crippen LogP contribution in [0.3, 0.4) is 0 Å². The van der Waals surface area contributed by atoms with Crippen LogP contribution < -0.4 is 0 Å². The third-order valence-electron chi connectivity index (χ3n) is 2.57. The lowest BCUT2D eigenvalue weighted by atomic mass is 9.95. The van der Waals surface area contributed by atoms with Gasteiger partial charge in [-0.05, 0) is 42.9 Å². The molecule has 0 aliphatic rings. The van der Waals surface area contributed by atoms with Crippen molar-refractivity contribution in [3.05, 3.63) is 34.9 Å². The van der Waals surface area contributed by atoms with E-state index in [0.717, 1.165) is 17.1 Å². The van der Waals surface area contributed by atoms with Gasteiger partial charge in [-0.3, -0.25) is 0 Å². The minimum absolute atomic E-state index is 0.690. The van der Waals surface area contributed by atoms with E-state index in [2.05, 4.69) is 63.9 Å². The molecule has 0 saturated carbocycles. The Morgan fingerprint density at radius 1 is 1.07 bits per heavy atom. The molecule has 78 valence electrons. The lowest BCUT2D eigenvalue weighted by Gasteiger charge is -2.14. The summed E-state index contributed by atoms with van der Waals surface area (Å²) in [6.45, 7) is 4.39. The highest BCUT2D eigenvalue weighted by atomic mass is 79.9. The molecular formula is C12H16Br2. The van der Waals surface area contributed by atoms with E-state index in [1.165, 1.54) is 16.7 Å². The summed E-state index contributed by atoms with van der Waals surface area (Å²) in [5.74, 6) is 0.690. The zero-order chi connectivity index (χ0) is 10.6. The molecule has 0 saturated heterocycles. The Labute approximate surface area is 103 Å². The Kier molecular flexibility index (Phi) is 5.18. The molecule has 0 heterocycles. The molecule has 1 aromatic carbocycles. The lowest BCUT2D eigenvalue weighted by Crippen LogP contribution is -2.09. The van der Waals surface area contributed by atoms with E-state index in [-0.39, 0.29) is 0 Å². The molecule has 0 spiro atoms. The number of benzene rings is 1. The van der Waals surface area contributed by atoms with Crippen molar-refractivity contribution in [2.75, 3.05) is 10.7 Å². The van der Waals surface area contributed by atoms with Gasteiger partial charge in [-0.25, -0.2) is 0 Å². The molecule has 0 aliphatic carbocycles. The fourth-order valence-corrected chi connectivity index (χ4v) is 3.14. The first-order chi connectivity index (χ1) is 6.69. The normalized spacial score (nSPS) is 10.9. The van der Waals surface area contributed by atoms with Gasteiger partial charge in [0.1, 0.15) is 0 Å². The minimum Gasteiger partial charge on any atom is -0.0925 e. The van der Waals surface area contributed by atoms with Crippen LogP contribution in [0.1, 0.15) is 16.7 Å². The molecule has 0 radical (unpaired) electrons. The molecule has 0 nitrogen and oxygen atoms in total. The smallest absolute Gasteiger partial charge is 0.00708 e. The quantitative estimate of drug-likeness (QED) is 0.728. The van der Waals surface area contributed by atoms with Gasteiger partial charge in [0.2, 0.25) is 0 Å². The van der Waals surface area contributed by atoms with E-state index >= 15 is 0 Å². The van der Waals surface area contributed by atoms with Gasteiger partial charge in [-0.15, -0.1) is 0 Å². The maximum Gasteiger partial charge on any atom is 0.00708 e. The molecule has 2 heteroatoms. The molecule has 0 unspecified atom stereocenters. The number of halogens is 2. The first-order valence-corrected chi connectivity index (χ1v) is 7.10. The molecule has 0 atom stereocenters. The third-order valence-corrected chi connectivity index (χ3v) is 4.41. The van der Waals surface area contributed by atoms with Gasteiger partial charge in [0.05, 0.1) is 0 Å². The molecule has 0 aromatic heterocycles. The van der Waals surface area contributed by atoms with E-state index in [1.54, 1.807) is 0 Å². The van der Waals surface area contributed by atoms with Crippen molar-refractivity contribution < 1.29 is 0 Å². The van der Waals surface area contributed by atoms with E-state index < -0.39 is 0 Å². The average molecular weight is 320 g/mol. The van der Waals surface area contributed by atoms with Crippen molar-refractivity contribution in [3.63, 3.8) is 0 Å². The molecule has 14 heavy (non-hydrogen) atoms. The standard InChI is InChI=1S/C12H16Br2/c1-9-4-3-5-10(2)12(9)6-11(7-13)8-14/h3-5,11H,6-8H2,1-2H3. The minimum atomic E-state index is 0.690. The van der Waals surface area contributed by atoms with Gasteiger partial charge >= 0.3 is 0 Å². The fraction of sp³-hybridized carbons (Fsp3) is 0.500. The summed E-state index contributed by atoms with van der Waals surface area (Å²) in [5, 5.41) is 2.12. The zero-order valence-corrected chi connectivity index (χ0v) is 11.9. The van der Waals surface area contributed by atoms with Crippen LogP contribution in [0.15, 0.2) is 18.2 Å². The summed E-state index contributed by atoms with van der Waals surface area (Å²) in [6, 6.07) is 6.52. The number of aryl methyl sites for hydroxylation is 2. The monoisotopic (exact) mass is 318 g/mol. The number of hydrogen-bond donors (Lipinski definition) is 0. The Hall–Kier alpha value is 0.180. The van der Waals surface area contributed by atoms with Crippen LogP contribution in [0.4, 0.5) is 0 Å². The fourth-order valence-electron chi connectivity index (χ4n) is 1.61. The van der Waals surface area contributed by atoms with Gasteiger partial charge in [0.25, 0.3) is 0 Å². The van der Waals surface area contributed by atoms with Crippen LogP contribution in [-0.4, -0.2) is 10.7 Å². The molecule has 0 aliphatic heterocycles. The Balaban J connectivity index is 2.84. The topological polar surface area (TPSA) is 0 Å². The van der Waals surface area contributed by atoms with Crippen molar-refractivity contribution in [1.82, 2.24) is 0 Å². The predicted molar refractivity (Wildman–Crippen MR) is 70.7 cm³/mol. The van der Waals surface area contributed by atoms with Crippen molar-refractivity contribution >= 4 is 31.9 Å². The lowest BCUT2D eigenvalue weighted by molar-refractivity contribution is 0.674. The zero-order valence-electron chi connectivity index (χ0n) is 8.69. The van der Waals surface area contributed by atoms with Crippen molar-refractivity contribution in [1.29, 1.82) is 0 Å². The van der Waals surface area contributed by atoms with E-state index in [9.17, 15) is 0 Å². The Bertz CT molecular complexity index is 270. The second kappa shape index (κ2) is 5.92. The second-order valence-electron chi connectivity index (χ2n) is 3.75. The van der Waals surface area contributed by atoms with Crippen molar-refractivity contribution in [2.24, 2.45) is 5.92 Å². The third kappa shape index (κ3) is 3.09. The van der Waals surface area contributed by atoms with E-state index in [0.29, 0.717) is 5.92 Å². The highest BCUT2D eigenvalue weighted by molar-refractivity contribution is 9.09. The Morgan fingerprint density at radius 2 is 1.57 bits per heavy atom. The summed E-state index contributed by atoms with van der Waals surface area (Å²) < 4.78 is 0. The largest absolute Gasteiger partial charge is 0.0925 e. The highest BCUT2D eigenvalue weighted by Crippen LogP contribution is 2.20. The molecule has 0 fully saturated rings. The molecular weight excluding hydrogens is 304 g/mol. The van der Waals surface area contributed by atoms with Crippen molar-refractivity contribution in [3.8, 4) is 0 Å².